The molecule has 0 saturated heterocycles. The van der Waals surface area contributed by atoms with E-state index in [9.17, 15) is 14.7 Å². The maximum absolute atomic E-state index is 12.6. The molecule has 0 unspecified atom stereocenters. The zero-order valence-electron chi connectivity index (χ0n) is 16.1. The van der Waals surface area contributed by atoms with Gasteiger partial charge in [-0.3, -0.25) is 0 Å². The van der Waals surface area contributed by atoms with Crippen LogP contribution in [0.5, 0.6) is 5.75 Å². The van der Waals surface area contributed by atoms with Crippen LogP contribution in [-0.2, 0) is 27.3 Å². The monoisotopic (exact) mass is 405 g/mol. The Morgan fingerprint density at radius 3 is 2.39 bits per heavy atom. The number of nitrogens with one attached hydrogen (secondary N) is 1. The van der Waals surface area contributed by atoms with Crippen LogP contribution in [0.15, 0.2) is 48.5 Å². The number of phenolic OH excluding ortho intramolecular Hbond substituents is 1. The highest BCUT2D eigenvalue weighted by Crippen LogP contribution is 2.24. The van der Waals surface area contributed by atoms with Crippen LogP contribution < -0.4 is 5.32 Å². The van der Waals surface area contributed by atoms with Crippen LogP contribution in [0.2, 0.25) is 5.02 Å². The van der Waals surface area contributed by atoms with Gasteiger partial charge >= 0.3 is 12.1 Å². The Bertz CT molecular complexity index is 817. The van der Waals surface area contributed by atoms with Crippen molar-refractivity contribution in [3.8, 4) is 5.75 Å². The van der Waals surface area contributed by atoms with Crippen molar-refractivity contribution in [2.75, 3.05) is 0 Å². The number of carbonyl (C=O) groups excluding carboxylic acids is 2. The number of alkyl carbamates (subject to hydrolysis) is 1. The molecule has 0 bridgehead atoms. The number of benzene rings is 2. The molecule has 0 heterocycles. The van der Waals surface area contributed by atoms with E-state index in [0.717, 1.165) is 5.56 Å². The van der Waals surface area contributed by atoms with E-state index in [1.165, 1.54) is 12.1 Å². The van der Waals surface area contributed by atoms with Crippen LogP contribution >= 0.6 is 11.6 Å². The van der Waals surface area contributed by atoms with Gasteiger partial charge in [0.15, 0.2) is 0 Å². The number of amides is 1. The van der Waals surface area contributed by atoms with Gasteiger partial charge in [0.05, 0.1) is 5.02 Å². The summed E-state index contributed by atoms with van der Waals surface area (Å²) in [6.45, 7) is 5.28. The van der Waals surface area contributed by atoms with Gasteiger partial charge in [0.1, 0.15) is 24.0 Å². The van der Waals surface area contributed by atoms with Crippen LogP contribution in [0, 0.1) is 0 Å². The van der Waals surface area contributed by atoms with Gasteiger partial charge in [0.2, 0.25) is 0 Å². The Morgan fingerprint density at radius 2 is 1.79 bits per heavy atom. The van der Waals surface area contributed by atoms with E-state index in [1.54, 1.807) is 26.8 Å². The Labute approximate surface area is 169 Å². The summed E-state index contributed by atoms with van der Waals surface area (Å²) < 4.78 is 10.6. The second kappa shape index (κ2) is 9.46. The van der Waals surface area contributed by atoms with Crippen molar-refractivity contribution in [2.45, 2.75) is 45.4 Å². The molecular weight excluding hydrogens is 382 g/mol. The molecule has 1 amide bonds. The minimum absolute atomic E-state index is 0.0614. The Kier molecular flexibility index (Phi) is 7.29. The quantitative estimate of drug-likeness (QED) is 0.702. The summed E-state index contributed by atoms with van der Waals surface area (Å²) in [5.74, 6) is -0.660. The summed E-state index contributed by atoms with van der Waals surface area (Å²) in [7, 11) is 0. The lowest BCUT2D eigenvalue weighted by atomic mass is 10.1. The highest BCUT2D eigenvalue weighted by Gasteiger charge is 2.26. The first-order valence-corrected chi connectivity index (χ1v) is 9.19. The number of hydrogen-bond donors (Lipinski definition) is 2. The molecule has 150 valence electrons. The second-order valence-electron chi connectivity index (χ2n) is 7.28. The average Bonchev–Trinajstić information content (AvgIpc) is 2.61. The van der Waals surface area contributed by atoms with Crippen LogP contribution in [0.1, 0.15) is 31.9 Å². The second-order valence-corrected chi connectivity index (χ2v) is 7.69. The summed E-state index contributed by atoms with van der Waals surface area (Å²) >= 11 is 5.93. The predicted octanol–water partition coefficient (Wildman–Crippen LogP) is 4.22. The normalized spacial score (nSPS) is 12.1. The molecular formula is C21H24ClNO5. The van der Waals surface area contributed by atoms with Gasteiger partial charge in [0.25, 0.3) is 0 Å². The lowest BCUT2D eigenvalue weighted by Crippen LogP contribution is -2.45. The molecule has 28 heavy (non-hydrogen) atoms. The van der Waals surface area contributed by atoms with E-state index in [4.69, 9.17) is 21.1 Å². The first kappa shape index (κ1) is 21.6. The van der Waals surface area contributed by atoms with E-state index in [0.29, 0.717) is 5.56 Å². The van der Waals surface area contributed by atoms with Gasteiger partial charge in [-0.1, -0.05) is 48.0 Å². The number of ether oxygens (including phenoxy) is 2. The van der Waals surface area contributed by atoms with Crippen molar-refractivity contribution in [3.63, 3.8) is 0 Å². The van der Waals surface area contributed by atoms with Crippen LogP contribution in [-0.4, -0.2) is 28.8 Å². The molecule has 1 atom stereocenters. The molecule has 0 aliphatic rings. The molecule has 0 radical (unpaired) electrons. The number of esters is 1. The largest absolute Gasteiger partial charge is 0.506 e. The number of halogens is 1. The maximum atomic E-state index is 12.6. The third kappa shape index (κ3) is 7.12. The fourth-order valence-corrected chi connectivity index (χ4v) is 2.59. The predicted molar refractivity (Wildman–Crippen MR) is 106 cm³/mol. The Balaban J connectivity index is 2.10. The fourth-order valence-electron chi connectivity index (χ4n) is 2.39. The summed E-state index contributed by atoms with van der Waals surface area (Å²) in [5.41, 5.74) is 0.782. The zero-order valence-corrected chi connectivity index (χ0v) is 16.8. The van der Waals surface area contributed by atoms with Crippen molar-refractivity contribution in [2.24, 2.45) is 0 Å². The number of rotatable bonds is 6. The molecule has 7 heteroatoms. The molecule has 2 aromatic carbocycles. The summed E-state index contributed by atoms with van der Waals surface area (Å²) in [6.07, 6.45) is -0.591. The Hall–Kier alpha value is -2.73. The highest BCUT2D eigenvalue weighted by atomic mass is 35.5. The van der Waals surface area contributed by atoms with Crippen LogP contribution in [0.25, 0.3) is 0 Å². The highest BCUT2D eigenvalue weighted by molar-refractivity contribution is 6.32. The topological polar surface area (TPSA) is 84.9 Å². The van der Waals surface area contributed by atoms with E-state index >= 15 is 0 Å². The van der Waals surface area contributed by atoms with Gasteiger partial charge in [-0.25, -0.2) is 9.59 Å². The van der Waals surface area contributed by atoms with E-state index in [-0.39, 0.29) is 23.8 Å². The van der Waals surface area contributed by atoms with Gasteiger partial charge in [-0.2, -0.15) is 0 Å². The van der Waals surface area contributed by atoms with Crippen LogP contribution in [0.4, 0.5) is 4.79 Å². The SMILES string of the molecule is CC(C)(C)OC(=O)N[C@@H](Cc1ccc(O)c(Cl)c1)C(=O)OCc1ccccc1. The number of aromatic hydroxyl groups is 1. The summed E-state index contributed by atoms with van der Waals surface area (Å²) in [6, 6.07) is 12.8. The molecule has 2 aromatic rings. The molecule has 0 spiro atoms. The standard InChI is InChI=1S/C21H24ClNO5/c1-21(2,3)28-20(26)23-17(12-15-9-10-18(24)16(22)11-15)19(25)27-13-14-7-5-4-6-8-14/h4-11,17,24H,12-13H2,1-3H3,(H,23,26)/t17-/m0/s1. The van der Waals surface area contributed by atoms with Gasteiger partial charge in [0, 0.05) is 6.42 Å². The molecule has 6 nitrogen and oxygen atoms in total. The van der Waals surface area contributed by atoms with Crippen molar-refractivity contribution >= 4 is 23.7 Å². The van der Waals surface area contributed by atoms with Crippen molar-refractivity contribution in [3.05, 3.63) is 64.7 Å². The molecule has 0 saturated carbocycles. The zero-order chi connectivity index (χ0) is 20.7. The summed E-state index contributed by atoms with van der Waals surface area (Å²) in [4.78, 5) is 24.8. The molecule has 0 aliphatic heterocycles. The van der Waals surface area contributed by atoms with Gasteiger partial charge in [-0.15, -0.1) is 0 Å². The third-order valence-electron chi connectivity index (χ3n) is 3.65. The molecule has 0 fully saturated rings. The van der Waals surface area contributed by atoms with Gasteiger partial charge < -0.3 is 19.9 Å². The third-order valence-corrected chi connectivity index (χ3v) is 3.95. The molecule has 0 aliphatic carbocycles. The first-order valence-electron chi connectivity index (χ1n) is 8.81. The molecule has 0 aromatic heterocycles. The minimum atomic E-state index is -0.973. The molecule has 2 rings (SSSR count). The van der Waals surface area contributed by atoms with Crippen molar-refractivity contribution < 1.29 is 24.2 Å². The molecule has 2 N–H and O–H groups in total. The summed E-state index contributed by atoms with van der Waals surface area (Å²) in [5, 5.41) is 12.3. The fraction of sp³-hybridized carbons (Fsp3) is 0.333. The Morgan fingerprint density at radius 1 is 1.11 bits per heavy atom. The van der Waals surface area contributed by atoms with E-state index in [2.05, 4.69) is 5.32 Å². The average molecular weight is 406 g/mol. The number of phenols is 1. The van der Waals surface area contributed by atoms with Gasteiger partial charge in [-0.05, 0) is 44.0 Å². The van der Waals surface area contributed by atoms with Crippen molar-refractivity contribution in [1.29, 1.82) is 0 Å². The smallest absolute Gasteiger partial charge is 0.408 e. The lowest BCUT2D eigenvalue weighted by molar-refractivity contribution is -0.147. The number of carbonyl (C=O) groups is 2. The number of hydrogen-bond acceptors (Lipinski definition) is 5. The minimum Gasteiger partial charge on any atom is -0.506 e. The van der Waals surface area contributed by atoms with E-state index in [1.807, 2.05) is 30.3 Å². The van der Waals surface area contributed by atoms with E-state index < -0.39 is 23.7 Å². The van der Waals surface area contributed by atoms with Crippen molar-refractivity contribution in [1.82, 2.24) is 5.32 Å². The maximum Gasteiger partial charge on any atom is 0.408 e. The lowest BCUT2D eigenvalue weighted by Gasteiger charge is -2.23. The first-order chi connectivity index (χ1) is 13.1. The van der Waals surface area contributed by atoms with Crippen LogP contribution in [0.3, 0.4) is 0 Å².